The minimum absolute atomic E-state index is 0.110. The van der Waals surface area contributed by atoms with Crippen molar-refractivity contribution in [3.8, 4) is 5.75 Å². The molecular weight excluding hydrogens is 567 g/mol. The Morgan fingerprint density at radius 1 is 1.31 bits per heavy atom. The van der Waals surface area contributed by atoms with Crippen LogP contribution in [-0.2, 0) is 19.1 Å². The summed E-state index contributed by atoms with van der Waals surface area (Å²) in [5, 5.41) is 23.2. The molecule has 194 valence electrons. The van der Waals surface area contributed by atoms with E-state index in [2.05, 4.69) is 27.9 Å². The van der Waals surface area contributed by atoms with Crippen molar-refractivity contribution in [2.45, 2.75) is 57.0 Å². The highest BCUT2D eigenvalue weighted by molar-refractivity contribution is 14.1. The highest BCUT2D eigenvalue weighted by Gasteiger charge is 2.42. The van der Waals surface area contributed by atoms with Crippen molar-refractivity contribution in [3.05, 3.63) is 39.5 Å². The number of carbonyl (C=O) groups excluding carboxylic acids is 2. The van der Waals surface area contributed by atoms with Gasteiger partial charge in [0.15, 0.2) is 0 Å². The first kappa shape index (κ1) is 27.9. The van der Waals surface area contributed by atoms with Gasteiger partial charge in [-0.15, -0.1) is 0 Å². The number of carbonyl (C=O) groups is 2. The van der Waals surface area contributed by atoms with Crippen LogP contribution < -0.4 is 10.1 Å². The van der Waals surface area contributed by atoms with E-state index in [-0.39, 0.29) is 31.4 Å². The fraction of sp³-hybridized carbons (Fsp3) is 0.600. The molecule has 1 fully saturated rings. The second-order valence-corrected chi connectivity index (χ2v) is 9.69. The molecule has 1 aliphatic carbocycles. The Hall–Kier alpha value is -1.73. The number of rotatable bonds is 12. The van der Waals surface area contributed by atoms with Crippen LogP contribution in [0.5, 0.6) is 5.75 Å². The van der Waals surface area contributed by atoms with E-state index in [1.54, 1.807) is 17.0 Å². The van der Waals surface area contributed by atoms with Gasteiger partial charge in [-0.2, -0.15) is 0 Å². The number of hydrogen-bond donors (Lipinski definition) is 3. The minimum atomic E-state index is -1.06. The van der Waals surface area contributed by atoms with Crippen LogP contribution >= 0.6 is 22.6 Å². The van der Waals surface area contributed by atoms with Crippen LogP contribution in [0.3, 0.4) is 0 Å². The maximum Gasteiger partial charge on any atom is 0.252 e. The zero-order valence-electron chi connectivity index (χ0n) is 20.0. The van der Waals surface area contributed by atoms with Gasteiger partial charge in [-0.25, -0.2) is 0 Å². The first-order chi connectivity index (χ1) is 17.0. The molecule has 1 aliphatic heterocycles. The van der Waals surface area contributed by atoms with E-state index in [1.165, 1.54) is 0 Å². The molecule has 1 aromatic rings. The molecule has 0 radical (unpaired) electrons. The van der Waals surface area contributed by atoms with Crippen LogP contribution in [0.1, 0.15) is 32.6 Å². The molecule has 4 atom stereocenters. The summed E-state index contributed by atoms with van der Waals surface area (Å²) in [7, 11) is 0. The molecule has 1 heterocycles. The Bertz CT molecular complexity index is 875. The number of nitrogens with one attached hydrogen (secondary N) is 1. The predicted molar refractivity (Wildman–Crippen MR) is 138 cm³/mol. The Balaban J connectivity index is 1.89. The second kappa shape index (κ2) is 14.1. The lowest BCUT2D eigenvalue weighted by molar-refractivity contribution is -0.148. The smallest absolute Gasteiger partial charge is 0.252 e. The van der Waals surface area contributed by atoms with E-state index in [1.807, 2.05) is 25.1 Å². The molecule has 2 amide bonds. The molecule has 0 spiro atoms. The summed E-state index contributed by atoms with van der Waals surface area (Å²) in [5.41, 5.74) is 0.402. The van der Waals surface area contributed by atoms with Crippen LogP contribution in [0, 0.1) is 3.57 Å². The van der Waals surface area contributed by atoms with Crippen LogP contribution in [0.4, 0.5) is 0 Å². The van der Waals surface area contributed by atoms with Crippen molar-refractivity contribution >= 4 is 34.4 Å². The zero-order valence-corrected chi connectivity index (χ0v) is 22.2. The highest BCUT2D eigenvalue weighted by Crippen LogP contribution is 2.30. The van der Waals surface area contributed by atoms with Gasteiger partial charge >= 0.3 is 0 Å². The number of nitrogens with zero attached hydrogens (tertiary/aromatic N) is 1. The SMILES string of the molecule is CCOCCCN(C(=O)C1CCCO1)[C@@H]1CC(C(=O)NCCO)=C[C@H](Oc2ccccc2I)[C@H]1O. The number of benzene rings is 1. The van der Waals surface area contributed by atoms with E-state index < -0.39 is 24.4 Å². The summed E-state index contributed by atoms with van der Waals surface area (Å²) >= 11 is 2.15. The van der Waals surface area contributed by atoms with Gasteiger partial charge in [0.1, 0.15) is 24.1 Å². The van der Waals surface area contributed by atoms with Crippen molar-refractivity contribution in [1.82, 2.24) is 10.2 Å². The van der Waals surface area contributed by atoms with Crippen molar-refractivity contribution in [2.24, 2.45) is 0 Å². The maximum atomic E-state index is 13.5. The topological polar surface area (TPSA) is 118 Å². The molecule has 0 aromatic heterocycles. The van der Waals surface area contributed by atoms with Gasteiger partial charge in [0, 0.05) is 44.9 Å². The van der Waals surface area contributed by atoms with Gasteiger partial charge in [-0.05, 0) is 67.0 Å². The van der Waals surface area contributed by atoms with Gasteiger partial charge in [0.05, 0.1) is 16.2 Å². The summed E-state index contributed by atoms with van der Waals surface area (Å²) in [4.78, 5) is 28.0. The van der Waals surface area contributed by atoms with Gasteiger partial charge < -0.3 is 34.6 Å². The van der Waals surface area contributed by atoms with Crippen molar-refractivity contribution < 1.29 is 34.0 Å². The van der Waals surface area contributed by atoms with E-state index >= 15 is 0 Å². The summed E-state index contributed by atoms with van der Waals surface area (Å²) in [5.74, 6) is 0.0387. The average Bonchev–Trinajstić information content (AvgIpc) is 3.40. The van der Waals surface area contributed by atoms with Crippen LogP contribution in [-0.4, -0.2) is 90.8 Å². The Morgan fingerprint density at radius 3 is 2.80 bits per heavy atom. The van der Waals surface area contributed by atoms with Gasteiger partial charge in [-0.1, -0.05) is 12.1 Å². The molecule has 1 unspecified atom stereocenters. The first-order valence-corrected chi connectivity index (χ1v) is 13.2. The Kier molecular flexibility index (Phi) is 11.2. The Morgan fingerprint density at radius 2 is 2.11 bits per heavy atom. The van der Waals surface area contributed by atoms with Crippen LogP contribution in [0.15, 0.2) is 35.9 Å². The maximum absolute atomic E-state index is 13.5. The molecular formula is C25H35IN2O7. The number of hydrogen-bond acceptors (Lipinski definition) is 7. The fourth-order valence-corrected chi connectivity index (χ4v) is 4.86. The molecule has 1 aromatic carbocycles. The summed E-state index contributed by atoms with van der Waals surface area (Å²) in [6.07, 6.45) is 1.36. The predicted octanol–water partition coefficient (Wildman–Crippen LogP) is 1.64. The lowest BCUT2D eigenvalue weighted by Gasteiger charge is -2.41. The molecule has 3 rings (SSSR count). The quantitative estimate of drug-likeness (QED) is 0.246. The van der Waals surface area contributed by atoms with E-state index in [9.17, 15) is 14.7 Å². The number of aliphatic hydroxyl groups excluding tert-OH is 2. The third-order valence-electron chi connectivity index (χ3n) is 6.09. The van der Waals surface area contributed by atoms with Gasteiger partial charge in [0.2, 0.25) is 5.91 Å². The normalized spacial score (nSPS) is 24.1. The monoisotopic (exact) mass is 602 g/mol. The fourth-order valence-electron chi connectivity index (χ4n) is 4.34. The molecule has 3 N–H and O–H groups in total. The van der Waals surface area contributed by atoms with E-state index in [0.717, 1.165) is 9.99 Å². The van der Waals surface area contributed by atoms with Crippen LogP contribution in [0.2, 0.25) is 0 Å². The summed E-state index contributed by atoms with van der Waals surface area (Å²) in [6, 6.07) is 6.74. The number of aliphatic hydroxyl groups is 2. The second-order valence-electron chi connectivity index (χ2n) is 8.53. The van der Waals surface area contributed by atoms with E-state index in [4.69, 9.17) is 19.3 Å². The Labute approximate surface area is 219 Å². The number of amides is 2. The van der Waals surface area contributed by atoms with Crippen molar-refractivity contribution in [3.63, 3.8) is 0 Å². The standard InChI is InChI=1S/C25H35IN2O7/c1-2-33-13-6-11-28(25(32)21-9-5-14-34-21)19-15-17(24(31)27-10-12-29)16-22(23(19)30)35-20-8-4-3-7-18(20)26/h3-4,7-8,16,19,21-23,29-30H,2,5-6,9-15H2,1H3,(H,27,31)/t19-,21?,22+,23+/m1/s1. The number of halogens is 1. The highest BCUT2D eigenvalue weighted by atomic mass is 127. The number of ether oxygens (including phenoxy) is 3. The van der Waals surface area contributed by atoms with Crippen molar-refractivity contribution in [1.29, 1.82) is 0 Å². The van der Waals surface area contributed by atoms with Gasteiger partial charge in [-0.3, -0.25) is 9.59 Å². The minimum Gasteiger partial charge on any atom is -0.482 e. The van der Waals surface area contributed by atoms with Gasteiger partial charge in [0.25, 0.3) is 5.91 Å². The van der Waals surface area contributed by atoms with Crippen LogP contribution in [0.25, 0.3) is 0 Å². The molecule has 9 nitrogen and oxygen atoms in total. The lowest BCUT2D eigenvalue weighted by atomic mass is 9.87. The summed E-state index contributed by atoms with van der Waals surface area (Å²) < 4.78 is 18.1. The van der Waals surface area contributed by atoms with Crippen molar-refractivity contribution in [2.75, 3.05) is 39.5 Å². The third-order valence-corrected chi connectivity index (χ3v) is 6.99. The van der Waals surface area contributed by atoms with E-state index in [0.29, 0.717) is 50.5 Å². The molecule has 2 aliphatic rings. The molecule has 0 saturated carbocycles. The molecule has 35 heavy (non-hydrogen) atoms. The molecule has 10 heteroatoms. The lowest BCUT2D eigenvalue weighted by Crippen LogP contribution is -2.57. The zero-order chi connectivity index (χ0) is 25.2. The average molecular weight is 602 g/mol. The number of para-hydroxylation sites is 1. The molecule has 0 bridgehead atoms. The third kappa shape index (κ3) is 7.63. The largest absolute Gasteiger partial charge is 0.482 e. The molecule has 1 saturated heterocycles. The first-order valence-electron chi connectivity index (χ1n) is 12.1. The summed E-state index contributed by atoms with van der Waals surface area (Å²) in [6.45, 7) is 3.79.